The van der Waals surface area contributed by atoms with E-state index in [1.807, 2.05) is 12.2 Å². The maximum Gasteiger partial charge on any atom is -0.00105 e. The van der Waals surface area contributed by atoms with Crippen molar-refractivity contribution in [1.82, 2.24) is 0 Å². The molecule has 0 spiro atoms. The summed E-state index contributed by atoms with van der Waals surface area (Å²) < 4.78 is 0. The van der Waals surface area contributed by atoms with E-state index in [9.17, 15) is 0 Å². The topological polar surface area (TPSA) is 0 Å². The second-order valence-corrected chi connectivity index (χ2v) is 1.17. The lowest BCUT2D eigenvalue weighted by molar-refractivity contribution is 1.41. The van der Waals surface area contributed by atoms with E-state index in [0.717, 1.165) is 6.42 Å². The number of rotatable bonds is 2. The Labute approximate surface area is 49.8 Å². The zero-order chi connectivity index (χ0) is 6.24. The Kier molecular flexibility index (Phi) is 4.96. The van der Waals surface area contributed by atoms with Crippen molar-refractivity contribution in [1.29, 1.82) is 0 Å². The minimum absolute atomic E-state index is 0.812. The normalized spacial score (nSPS) is 5.50. The van der Waals surface area contributed by atoms with E-state index in [1.165, 1.54) is 0 Å². The Morgan fingerprint density at radius 1 is 1.25 bits per heavy atom. The predicted octanol–water partition coefficient (Wildman–Crippen LogP) is 2.21. The zero-order valence-electron chi connectivity index (χ0n) is 4.78. The lowest BCUT2D eigenvalue weighted by Crippen LogP contribution is -1.47. The van der Waals surface area contributed by atoms with Crippen LogP contribution < -0.4 is 0 Å². The highest BCUT2D eigenvalue weighted by Crippen LogP contribution is 1.78. The lowest BCUT2D eigenvalue weighted by atomic mass is 10.4. The summed E-state index contributed by atoms with van der Waals surface area (Å²) in [6.45, 7) is 6.73. The molecule has 0 heteroatoms. The highest BCUT2D eigenvalue weighted by Gasteiger charge is 1.59. The van der Waals surface area contributed by atoms with Crippen molar-refractivity contribution in [3.63, 3.8) is 0 Å². The Balaban J connectivity index is 3.61. The summed E-state index contributed by atoms with van der Waals surface area (Å²) in [6.07, 6.45) is 4.43. The third-order valence-corrected chi connectivity index (χ3v) is 0.584. The first-order valence-corrected chi connectivity index (χ1v) is 2.35. The van der Waals surface area contributed by atoms with Crippen molar-refractivity contribution >= 4 is 0 Å². The quantitative estimate of drug-likeness (QED) is 0.471. The van der Waals surface area contributed by atoms with Gasteiger partial charge in [-0.1, -0.05) is 18.0 Å². The molecule has 0 aliphatic heterocycles. The molecule has 0 N–H and O–H groups in total. The lowest BCUT2D eigenvalue weighted by Gasteiger charge is -1.66. The Hall–Kier alpha value is -1.18. The highest BCUT2D eigenvalue weighted by molar-refractivity contribution is 4.89. The standard InChI is InChI=1S/C8H8/c1-3-5-7-8-6-4-2/h5,8H,1-2,7H2. The van der Waals surface area contributed by atoms with E-state index in [0.29, 0.717) is 0 Å². The summed E-state index contributed by atoms with van der Waals surface area (Å²) in [6, 6.07) is 0. The van der Waals surface area contributed by atoms with Gasteiger partial charge >= 0.3 is 0 Å². The average Bonchev–Trinajstić information content (AvgIpc) is 1.81. The average molecular weight is 104 g/mol. The molecule has 0 heterocycles. The molecule has 0 aromatic heterocycles. The van der Waals surface area contributed by atoms with Crippen molar-refractivity contribution < 1.29 is 0 Å². The van der Waals surface area contributed by atoms with Crippen LogP contribution >= 0.6 is 0 Å². The molecule has 0 bridgehead atoms. The van der Waals surface area contributed by atoms with E-state index >= 15 is 0 Å². The van der Waals surface area contributed by atoms with Gasteiger partial charge in [-0.25, -0.2) is 0 Å². The number of hydrogen-bond acceptors (Lipinski definition) is 0. The Morgan fingerprint density at radius 2 is 2.00 bits per heavy atom. The Morgan fingerprint density at radius 3 is 2.50 bits per heavy atom. The summed E-state index contributed by atoms with van der Waals surface area (Å²) in [4.78, 5) is 0. The molecule has 40 valence electrons. The third kappa shape index (κ3) is 4.82. The molecule has 0 rings (SSSR count). The van der Waals surface area contributed by atoms with Crippen LogP contribution in [0.2, 0.25) is 0 Å². The van der Waals surface area contributed by atoms with E-state index < -0.39 is 0 Å². The molecule has 0 aromatic carbocycles. The molecule has 0 unspecified atom stereocenters. The van der Waals surface area contributed by atoms with Gasteiger partial charge in [0.15, 0.2) is 0 Å². The van der Waals surface area contributed by atoms with Gasteiger partial charge in [0.25, 0.3) is 0 Å². The number of hydrogen-bond donors (Lipinski definition) is 0. The summed E-state index contributed by atoms with van der Waals surface area (Å²) in [5.74, 6) is 0. The zero-order valence-corrected chi connectivity index (χ0v) is 4.78. The van der Waals surface area contributed by atoms with E-state index in [2.05, 4.69) is 30.4 Å². The minimum atomic E-state index is 0.812. The van der Waals surface area contributed by atoms with Gasteiger partial charge in [-0.05, 0) is 25.2 Å². The maximum absolute atomic E-state index is 3.39. The van der Waals surface area contributed by atoms with Crippen molar-refractivity contribution in [3.8, 4) is 0 Å². The van der Waals surface area contributed by atoms with Crippen LogP contribution in [-0.2, 0) is 0 Å². The molecule has 0 radical (unpaired) electrons. The summed E-state index contributed by atoms with van der Waals surface area (Å²) in [5, 5.41) is 0. The molecule has 0 aliphatic rings. The second kappa shape index (κ2) is 5.82. The first-order valence-electron chi connectivity index (χ1n) is 2.35. The Bertz CT molecular complexity index is 168. The number of allylic oxidation sites excluding steroid dienone is 2. The van der Waals surface area contributed by atoms with Crippen LogP contribution in [0.25, 0.3) is 0 Å². The summed E-state index contributed by atoms with van der Waals surface area (Å²) in [7, 11) is 0. The van der Waals surface area contributed by atoms with E-state index in [1.54, 1.807) is 0 Å². The molecule has 0 saturated carbocycles. The van der Waals surface area contributed by atoms with E-state index in [4.69, 9.17) is 0 Å². The van der Waals surface area contributed by atoms with Crippen molar-refractivity contribution in [3.05, 3.63) is 42.5 Å². The fourth-order valence-corrected chi connectivity index (χ4v) is 0.273. The second-order valence-electron chi connectivity index (χ2n) is 1.17. The van der Waals surface area contributed by atoms with Crippen LogP contribution in [0.5, 0.6) is 0 Å². The van der Waals surface area contributed by atoms with Crippen LogP contribution in [0, 0.1) is 0 Å². The molecule has 0 atom stereocenters. The summed E-state index contributed by atoms with van der Waals surface area (Å²) >= 11 is 0. The molecule has 0 aliphatic carbocycles. The molecule has 0 fully saturated rings. The SMILES string of the molecule is C=C=C=CCC=C=C. The predicted molar refractivity (Wildman–Crippen MR) is 35.5 cm³/mol. The monoisotopic (exact) mass is 104 g/mol. The van der Waals surface area contributed by atoms with E-state index in [-0.39, 0.29) is 0 Å². The fourth-order valence-electron chi connectivity index (χ4n) is 0.273. The van der Waals surface area contributed by atoms with Gasteiger partial charge in [-0.15, -0.1) is 5.73 Å². The van der Waals surface area contributed by atoms with Crippen LogP contribution in [0.1, 0.15) is 6.42 Å². The van der Waals surface area contributed by atoms with Gasteiger partial charge < -0.3 is 0 Å². The fraction of sp³-hybridized carbons (Fsp3) is 0.125. The molecule has 0 aromatic rings. The molecular formula is C8H8. The molecule has 0 saturated heterocycles. The first-order chi connectivity index (χ1) is 3.91. The van der Waals surface area contributed by atoms with Gasteiger partial charge in [-0.2, -0.15) is 0 Å². The van der Waals surface area contributed by atoms with Crippen LogP contribution in [0.3, 0.4) is 0 Å². The highest BCUT2D eigenvalue weighted by atomic mass is 13.6. The molecular weight excluding hydrogens is 96.1 g/mol. The maximum atomic E-state index is 3.39. The smallest absolute Gasteiger partial charge is 0.00105 e. The molecule has 0 amide bonds. The molecule has 0 nitrogen and oxygen atoms in total. The van der Waals surface area contributed by atoms with Gasteiger partial charge in [-0.3, -0.25) is 0 Å². The van der Waals surface area contributed by atoms with Crippen molar-refractivity contribution in [2.75, 3.05) is 0 Å². The van der Waals surface area contributed by atoms with Crippen molar-refractivity contribution in [2.24, 2.45) is 0 Å². The van der Waals surface area contributed by atoms with Gasteiger partial charge in [0.05, 0.1) is 0 Å². The third-order valence-electron chi connectivity index (χ3n) is 0.584. The van der Waals surface area contributed by atoms with Gasteiger partial charge in [0, 0.05) is 0 Å². The van der Waals surface area contributed by atoms with Crippen LogP contribution in [0.15, 0.2) is 42.5 Å². The van der Waals surface area contributed by atoms with Gasteiger partial charge in [0.2, 0.25) is 0 Å². The first kappa shape index (κ1) is 6.82. The van der Waals surface area contributed by atoms with Crippen LogP contribution in [-0.4, -0.2) is 0 Å². The largest absolute Gasteiger partial charge is 0.133 e. The van der Waals surface area contributed by atoms with Gasteiger partial charge in [0.1, 0.15) is 0 Å². The minimum Gasteiger partial charge on any atom is -0.133 e. The van der Waals surface area contributed by atoms with Crippen LogP contribution in [0.4, 0.5) is 0 Å². The molecule has 8 heavy (non-hydrogen) atoms. The van der Waals surface area contributed by atoms with Crippen molar-refractivity contribution in [2.45, 2.75) is 6.42 Å². The summed E-state index contributed by atoms with van der Waals surface area (Å²) in [5.41, 5.74) is 7.83.